The number of hydrogen-bond donors (Lipinski definition) is 3. The van der Waals surface area contributed by atoms with Gasteiger partial charge in [0, 0.05) is 15.5 Å². The van der Waals surface area contributed by atoms with Gasteiger partial charge in [-0.3, -0.25) is 0 Å². The lowest BCUT2D eigenvalue weighted by atomic mass is 10.2. The monoisotopic (exact) mass is 397 g/mol. The maximum atomic E-state index is 11.9. The molecule has 0 radical (unpaired) electrons. The van der Waals surface area contributed by atoms with E-state index in [0.717, 1.165) is 14.5 Å². The number of hydrogen-bond acceptors (Lipinski definition) is 2. The van der Waals surface area contributed by atoms with Gasteiger partial charge >= 0.3 is 6.03 Å². The summed E-state index contributed by atoms with van der Waals surface area (Å²) >= 11 is 6.71. The minimum Gasteiger partial charge on any atom is -0.397 e. The van der Waals surface area contributed by atoms with E-state index in [2.05, 4.69) is 42.5 Å². The normalized spacial score (nSPS) is 10.1. The van der Waals surface area contributed by atoms with Crippen LogP contribution in [-0.4, -0.2) is 6.03 Å². The van der Waals surface area contributed by atoms with Gasteiger partial charge in [0.05, 0.1) is 11.4 Å². The van der Waals surface area contributed by atoms with E-state index >= 15 is 0 Å². The molecule has 20 heavy (non-hydrogen) atoms. The van der Waals surface area contributed by atoms with Gasteiger partial charge in [-0.25, -0.2) is 4.79 Å². The van der Waals surface area contributed by atoms with Gasteiger partial charge in [0.1, 0.15) is 0 Å². The standard InChI is InChI=1S/C14H13Br2N3O/c15-10-6-11(16)13(12(17)7-10)19-14(20)18-8-9-4-2-1-3-5-9/h1-7H,8,17H2,(H2,18,19,20). The maximum absolute atomic E-state index is 11.9. The van der Waals surface area contributed by atoms with Gasteiger partial charge in [-0.05, 0) is 33.6 Å². The first-order chi connectivity index (χ1) is 9.56. The Hall–Kier alpha value is -1.53. The molecule has 0 saturated heterocycles. The van der Waals surface area contributed by atoms with Crippen LogP contribution in [0.25, 0.3) is 0 Å². The van der Waals surface area contributed by atoms with Crippen LogP contribution in [0.5, 0.6) is 0 Å². The molecule has 0 aliphatic heterocycles. The number of amides is 2. The Labute approximate surface area is 134 Å². The van der Waals surface area contributed by atoms with E-state index in [1.165, 1.54) is 0 Å². The number of urea groups is 1. The fraction of sp³-hybridized carbons (Fsp3) is 0.0714. The minimum atomic E-state index is -0.302. The van der Waals surface area contributed by atoms with Crippen LogP contribution in [0, 0.1) is 0 Å². The van der Waals surface area contributed by atoms with Crippen molar-refractivity contribution in [2.75, 3.05) is 11.1 Å². The molecule has 4 nitrogen and oxygen atoms in total. The first kappa shape index (κ1) is 14.9. The Morgan fingerprint density at radius 1 is 1.15 bits per heavy atom. The summed E-state index contributed by atoms with van der Waals surface area (Å²) in [6, 6.07) is 12.9. The molecule has 0 aliphatic rings. The molecule has 0 unspecified atom stereocenters. The van der Waals surface area contributed by atoms with Crippen LogP contribution < -0.4 is 16.4 Å². The van der Waals surface area contributed by atoms with E-state index in [4.69, 9.17) is 5.73 Å². The van der Waals surface area contributed by atoms with Crippen LogP contribution >= 0.6 is 31.9 Å². The Bertz CT molecular complexity index is 594. The second kappa shape index (κ2) is 6.76. The lowest BCUT2D eigenvalue weighted by Crippen LogP contribution is -2.28. The van der Waals surface area contributed by atoms with Gasteiger partial charge in [0.2, 0.25) is 0 Å². The summed E-state index contributed by atoms with van der Waals surface area (Å²) in [5.41, 5.74) is 7.95. The summed E-state index contributed by atoms with van der Waals surface area (Å²) in [6.45, 7) is 0.459. The number of carbonyl (C=O) groups excluding carboxylic acids is 1. The largest absolute Gasteiger partial charge is 0.397 e. The van der Waals surface area contributed by atoms with E-state index in [9.17, 15) is 4.79 Å². The molecule has 2 amide bonds. The van der Waals surface area contributed by atoms with Crippen molar-refractivity contribution in [2.24, 2.45) is 0 Å². The summed E-state index contributed by atoms with van der Waals surface area (Å²) in [4.78, 5) is 11.9. The number of rotatable bonds is 3. The lowest BCUT2D eigenvalue weighted by Gasteiger charge is -2.12. The molecule has 0 atom stereocenters. The number of anilines is 2. The smallest absolute Gasteiger partial charge is 0.319 e. The number of nitrogens with two attached hydrogens (primary N) is 1. The summed E-state index contributed by atoms with van der Waals surface area (Å²) in [7, 11) is 0. The van der Waals surface area contributed by atoms with Gasteiger partial charge in [-0.1, -0.05) is 46.3 Å². The predicted molar refractivity (Wildman–Crippen MR) is 88.6 cm³/mol. The summed E-state index contributed by atoms with van der Waals surface area (Å²) in [5.74, 6) is 0. The molecule has 0 saturated carbocycles. The SMILES string of the molecule is Nc1cc(Br)cc(Br)c1NC(=O)NCc1ccccc1. The van der Waals surface area contributed by atoms with Crippen molar-refractivity contribution in [2.45, 2.75) is 6.54 Å². The highest BCUT2D eigenvalue weighted by Gasteiger charge is 2.09. The molecule has 2 aromatic carbocycles. The van der Waals surface area contributed by atoms with E-state index in [0.29, 0.717) is 17.9 Å². The van der Waals surface area contributed by atoms with Crippen LogP contribution in [0.15, 0.2) is 51.4 Å². The molecule has 0 aliphatic carbocycles. The third kappa shape index (κ3) is 3.98. The fourth-order valence-electron chi connectivity index (χ4n) is 1.66. The highest BCUT2D eigenvalue weighted by Crippen LogP contribution is 2.32. The number of nitrogens with one attached hydrogen (secondary N) is 2. The molecular weight excluding hydrogens is 386 g/mol. The Balaban J connectivity index is 1.98. The maximum Gasteiger partial charge on any atom is 0.319 e. The number of carbonyl (C=O) groups is 1. The third-order valence-corrected chi connectivity index (χ3v) is 3.70. The van der Waals surface area contributed by atoms with Gasteiger partial charge in [0.15, 0.2) is 0 Å². The molecular formula is C14H13Br2N3O. The van der Waals surface area contributed by atoms with Crippen molar-refractivity contribution in [3.63, 3.8) is 0 Å². The molecule has 0 aromatic heterocycles. The summed E-state index contributed by atoms with van der Waals surface area (Å²) < 4.78 is 1.57. The van der Waals surface area contributed by atoms with Crippen LogP contribution in [0.1, 0.15) is 5.56 Å². The van der Waals surface area contributed by atoms with Crippen molar-refractivity contribution >= 4 is 49.3 Å². The average molecular weight is 399 g/mol. The Kier molecular flexibility index (Phi) is 5.03. The van der Waals surface area contributed by atoms with E-state index < -0.39 is 0 Å². The highest BCUT2D eigenvalue weighted by molar-refractivity contribution is 9.11. The van der Waals surface area contributed by atoms with Gasteiger partial charge in [-0.2, -0.15) is 0 Å². The molecule has 0 bridgehead atoms. The first-order valence-electron chi connectivity index (χ1n) is 5.89. The fourth-order valence-corrected chi connectivity index (χ4v) is 3.02. The van der Waals surface area contributed by atoms with Gasteiger partial charge in [0.25, 0.3) is 0 Å². The molecule has 0 heterocycles. The lowest BCUT2D eigenvalue weighted by molar-refractivity contribution is 0.251. The van der Waals surface area contributed by atoms with Crippen molar-refractivity contribution in [1.82, 2.24) is 5.32 Å². The molecule has 6 heteroatoms. The highest BCUT2D eigenvalue weighted by atomic mass is 79.9. The molecule has 104 valence electrons. The van der Waals surface area contributed by atoms with Crippen LogP contribution in [0.3, 0.4) is 0 Å². The zero-order chi connectivity index (χ0) is 14.5. The zero-order valence-electron chi connectivity index (χ0n) is 10.5. The molecule has 0 fully saturated rings. The van der Waals surface area contributed by atoms with E-state index in [-0.39, 0.29) is 6.03 Å². The predicted octanol–water partition coefficient (Wildman–Crippen LogP) is 4.12. The second-order valence-electron chi connectivity index (χ2n) is 4.15. The number of benzene rings is 2. The molecule has 2 aromatic rings. The van der Waals surface area contributed by atoms with Crippen molar-refractivity contribution in [1.29, 1.82) is 0 Å². The summed E-state index contributed by atoms with van der Waals surface area (Å²) in [5, 5.41) is 5.51. The van der Waals surface area contributed by atoms with Gasteiger partial charge in [-0.15, -0.1) is 0 Å². The molecule has 4 N–H and O–H groups in total. The summed E-state index contributed by atoms with van der Waals surface area (Å²) in [6.07, 6.45) is 0. The number of nitrogen functional groups attached to an aromatic ring is 1. The first-order valence-corrected chi connectivity index (χ1v) is 7.48. The van der Waals surface area contributed by atoms with Crippen LogP contribution in [0.4, 0.5) is 16.2 Å². The molecule has 0 spiro atoms. The van der Waals surface area contributed by atoms with Crippen molar-refractivity contribution < 1.29 is 4.79 Å². The van der Waals surface area contributed by atoms with Crippen molar-refractivity contribution in [3.8, 4) is 0 Å². The quantitative estimate of drug-likeness (QED) is 0.681. The van der Waals surface area contributed by atoms with E-state index in [1.807, 2.05) is 36.4 Å². The zero-order valence-corrected chi connectivity index (χ0v) is 13.7. The van der Waals surface area contributed by atoms with Crippen LogP contribution in [-0.2, 0) is 6.54 Å². The second-order valence-corrected chi connectivity index (χ2v) is 5.92. The Morgan fingerprint density at radius 3 is 2.50 bits per heavy atom. The van der Waals surface area contributed by atoms with Crippen LogP contribution in [0.2, 0.25) is 0 Å². The van der Waals surface area contributed by atoms with E-state index in [1.54, 1.807) is 6.07 Å². The third-order valence-electron chi connectivity index (χ3n) is 2.62. The topological polar surface area (TPSA) is 67.1 Å². The van der Waals surface area contributed by atoms with Crippen molar-refractivity contribution in [3.05, 3.63) is 57.0 Å². The average Bonchev–Trinajstić information content (AvgIpc) is 2.42. The minimum absolute atomic E-state index is 0.302. The number of halogens is 2. The van der Waals surface area contributed by atoms with Gasteiger partial charge < -0.3 is 16.4 Å². The Morgan fingerprint density at radius 2 is 1.85 bits per heavy atom. The molecule has 2 rings (SSSR count).